The lowest BCUT2D eigenvalue weighted by molar-refractivity contribution is -0.151. The zero-order valence-corrected chi connectivity index (χ0v) is 17.6. The lowest BCUT2D eigenvalue weighted by Gasteiger charge is -2.22. The van der Waals surface area contributed by atoms with Crippen molar-refractivity contribution in [3.63, 3.8) is 0 Å². The van der Waals surface area contributed by atoms with Crippen LogP contribution in [0.1, 0.15) is 24.0 Å². The summed E-state index contributed by atoms with van der Waals surface area (Å²) in [6, 6.07) is 10.3. The molecule has 0 radical (unpaired) electrons. The van der Waals surface area contributed by atoms with Crippen molar-refractivity contribution < 1.29 is 32.9 Å². The highest BCUT2D eigenvalue weighted by Gasteiger charge is 2.47. The molecule has 0 saturated heterocycles. The van der Waals surface area contributed by atoms with Crippen molar-refractivity contribution in [2.75, 3.05) is 27.9 Å². The van der Waals surface area contributed by atoms with E-state index in [0.29, 0.717) is 33.8 Å². The predicted molar refractivity (Wildman–Crippen MR) is 111 cm³/mol. The molecule has 1 aliphatic rings. The first-order valence-corrected chi connectivity index (χ1v) is 9.72. The van der Waals surface area contributed by atoms with Gasteiger partial charge >= 0.3 is 11.6 Å². The van der Waals surface area contributed by atoms with Gasteiger partial charge in [-0.05, 0) is 19.1 Å². The number of carbonyl (C=O) groups excluding carboxylic acids is 1. The van der Waals surface area contributed by atoms with Gasteiger partial charge < -0.3 is 28.1 Å². The number of fused-ring (bicyclic) bond motifs is 3. The summed E-state index contributed by atoms with van der Waals surface area (Å²) in [5.41, 5.74) is 0.428. The van der Waals surface area contributed by atoms with Crippen LogP contribution in [0.2, 0.25) is 0 Å². The molecule has 0 amide bonds. The van der Waals surface area contributed by atoms with Crippen LogP contribution in [0.4, 0.5) is 0 Å². The fourth-order valence-corrected chi connectivity index (χ4v) is 3.92. The van der Waals surface area contributed by atoms with Gasteiger partial charge in [-0.2, -0.15) is 0 Å². The molecular weight excluding hydrogens is 404 g/mol. The van der Waals surface area contributed by atoms with Gasteiger partial charge in [0.1, 0.15) is 28.6 Å². The SMILES string of the molecule is CCOC(=O)[C@@H]1Oc2c(c(=O)oc3ccccc23)[C@@H]1c1c(OC)cc(OC)cc1OC. The number of para-hydroxylation sites is 1. The first-order valence-electron chi connectivity index (χ1n) is 9.72. The molecule has 0 unspecified atom stereocenters. The van der Waals surface area contributed by atoms with Gasteiger partial charge in [0.15, 0.2) is 0 Å². The van der Waals surface area contributed by atoms with E-state index in [1.807, 2.05) is 0 Å². The van der Waals surface area contributed by atoms with Crippen LogP contribution in [-0.4, -0.2) is 40.0 Å². The molecule has 4 rings (SSSR count). The molecule has 0 saturated carbocycles. The van der Waals surface area contributed by atoms with Gasteiger partial charge in [-0.15, -0.1) is 0 Å². The molecular formula is C23H22O8. The van der Waals surface area contributed by atoms with E-state index >= 15 is 0 Å². The number of esters is 1. The van der Waals surface area contributed by atoms with Gasteiger partial charge in [0.2, 0.25) is 6.10 Å². The fraction of sp³-hybridized carbons (Fsp3) is 0.304. The molecule has 0 bridgehead atoms. The van der Waals surface area contributed by atoms with Gasteiger partial charge in [-0.1, -0.05) is 12.1 Å². The van der Waals surface area contributed by atoms with E-state index in [1.54, 1.807) is 43.3 Å². The number of rotatable bonds is 6. The minimum Gasteiger partial charge on any atom is -0.496 e. The third kappa shape index (κ3) is 3.34. The highest BCUT2D eigenvalue weighted by molar-refractivity contribution is 5.89. The molecule has 2 aromatic carbocycles. The molecule has 0 fully saturated rings. The quantitative estimate of drug-likeness (QED) is 0.438. The lowest BCUT2D eigenvalue weighted by Crippen LogP contribution is -2.33. The summed E-state index contributed by atoms with van der Waals surface area (Å²) < 4.78 is 33.3. The summed E-state index contributed by atoms with van der Waals surface area (Å²) >= 11 is 0. The maximum absolute atomic E-state index is 13.1. The number of benzene rings is 2. The number of hydrogen-bond acceptors (Lipinski definition) is 8. The minimum absolute atomic E-state index is 0.161. The van der Waals surface area contributed by atoms with Crippen LogP contribution >= 0.6 is 0 Å². The maximum Gasteiger partial charge on any atom is 0.348 e. The largest absolute Gasteiger partial charge is 0.496 e. The Balaban J connectivity index is 2.03. The van der Waals surface area contributed by atoms with Crippen molar-refractivity contribution in [1.29, 1.82) is 0 Å². The van der Waals surface area contributed by atoms with Gasteiger partial charge in [-0.3, -0.25) is 0 Å². The second-order valence-corrected chi connectivity index (χ2v) is 6.84. The number of ether oxygens (including phenoxy) is 5. The Hall–Kier alpha value is -3.68. The average Bonchev–Trinajstić information content (AvgIpc) is 3.19. The van der Waals surface area contributed by atoms with E-state index in [0.717, 1.165) is 0 Å². The molecule has 162 valence electrons. The first kappa shape index (κ1) is 20.6. The molecule has 2 atom stereocenters. The standard InChI is InChI=1S/C23H22O8/c1-5-29-23(25)21-18(17-15(27-3)10-12(26-2)11-16(17)28-4)19-20(31-21)13-8-6-7-9-14(13)30-22(19)24/h6-11,18,21H,5H2,1-4H3/t18-,21+/m0/s1. The Morgan fingerprint density at radius 3 is 2.29 bits per heavy atom. The second kappa shape index (κ2) is 8.22. The summed E-state index contributed by atoms with van der Waals surface area (Å²) in [5, 5.41) is 0.584. The van der Waals surface area contributed by atoms with Crippen molar-refractivity contribution in [1.82, 2.24) is 0 Å². The molecule has 8 nitrogen and oxygen atoms in total. The lowest BCUT2D eigenvalue weighted by atomic mass is 9.87. The van der Waals surface area contributed by atoms with E-state index in [1.165, 1.54) is 21.3 Å². The van der Waals surface area contributed by atoms with Crippen LogP contribution in [0.3, 0.4) is 0 Å². The van der Waals surface area contributed by atoms with E-state index in [4.69, 9.17) is 28.1 Å². The molecule has 1 aromatic heterocycles. The fourth-order valence-electron chi connectivity index (χ4n) is 3.92. The average molecular weight is 426 g/mol. The molecule has 31 heavy (non-hydrogen) atoms. The van der Waals surface area contributed by atoms with Gasteiger partial charge in [0.25, 0.3) is 0 Å². The highest BCUT2D eigenvalue weighted by atomic mass is 16.6. The number of hydrogen-bond donors (Lipinski definition) is 0. The number of carbonyl (C=O) groups is 1. The summed E-state index contributed by atoms with van der Waals surface area (Å²) in [5.74, 6) is 0.0569. The molecule has 1 aliphatic heterocycles. The molecule has 0 aliphatic carbocycles. The molecule has 2 heterocycles. The topological polar surface area (TPSA) is 93.4 Å². The third-order valence-corrected chi connectivity index (χ3v) is 5.24. The Bertz CT molecular complexity index is 1170. The molecule has 8 heteroatoms. The second-order valence-electron chi connectivity index (χ2n) is 6.84. The summed E-state index contributed by atoms with van der Waals surface area (Å²) in [4.78, 5) is 25.9. The van der Waals surface area contributed by atoms with Crippen molar-refractivity contribution in [3.8, 4) is 23.0 Å². The molecule has 3 aromatic rings. The van der Waals surface area contributed by atoms with Crippen LogP contribution in [0.15, 0.2) is 45.6 Å². The third-order valence-electron chi connectivity index (χ3n) is 5.24. The highest BCUT2D eigenvalue weighted by Crippen LogP contribution is 2.50. The zero-order chi connectivity index (χ0) is 22.1. The van der Waals surface area contributed by atoms with Gasteiger partial charge in [-0.25, -0.2) is 9.59 Å². The Labute approximate surface area is 178 Å². The van der Waals surface area contributed by atoms with Crippen LogP contribution < -0.4 is 24.6 Å². The van der Waals surface area contributed by atoms with Crippen LogP contribution in [-0.2, 0) is 9.53 Å². The Morgan fingerprint density at radius 2 is 1.68 bits per heavy atom. The van der Waals surface area contributed by atoms with Crippen LogP contribution in [0.25, 0.3) is 11.0 Å². The zero-order valence-electron chi connectivity index (χ0n) is 17.6. The van der Waals surface area contributed by atoms with Crippen molar-refractivity contribution in [2.24, 2.45) is 0 Å². The normalized spacial score (nSPS) is 17.0. The van der Waals surface area contributed by atoms with E-state index < -0.39 is 23.6 Å². The summed E-state index contributed by atoms with van der Waals surface area (Å²) in [6.07, 6.45) is -1.13. The predicted octanol–water partition coefficient (Wildman–Crippen LogP) is 3.27. The Kier molecular flexibility index (Phi) is 5.46. The number of methoxy groups -OCH3 is 3. The minimum atomic E-state index is -1.13. The summed E-state index contributed by atoms with van der Waals surface area (Å²) in [6.45, 7) is 1.86. The Morgan fingerprint density at radius 1 is 1.00 bits per heavy atom. The van der Waals surface area contributed by atoms with E-state index in [2.05, 4.69) is 0 Å². The van der Waals surface area contributed by atoms with Crippen molar-refractivity contribution in [2.45, 2.75) is 18.9 Å². The van der Waals surface area contributed by atoms with Crippen LogP contribution in [0.5, 0.6) is 23.0 Å². The van der Waals surface area contributed by atoms with Crippen molar-refractivity contribution in [3.05, 3.63) is 57.9 Å². The van der Waals surface area contributed by atoms with Crippen molar-refractivity contribution >= 4 is 16.9 Å². The van der Waals surface area contributed by atoms with Gasteiger partial charge in [0.05, 0.1) is 44.8 Å². The summed E-state index contributed by atoms with van der Waals surface area (Å²) in [7, 11) is 4.48. The first-order chi connectivity index (χ1) is 15.0. The van der Waals surface area contributed by atoms with Crippen LogP contribution in [0, 0.1) is 0 Å². The smallest absolute Gasteiger partial charge is 0.348 e. The monoisotopic (exact) mass is 426 g/mol. The van der Waals surface area contributed by atoms with Gasteiger partial charge in [0, 0.05) is 17.7 Å². The van der Waals surface area contributed by atoms with E-state index in [9.17, 15) is 9.59 Å². The molecule has 0 spiro atoms. The molecule has 0 N–H and O–H groups in total. The van der Waals surface area contributed by atoms with E-state index in [-0.39, 0.29) is 17.9 Å². The maximum atomic E-state index is 13.1.